The van der Waals surface area contributed by atoms with Gasteiger partial charge in [-0.25, -0.2) is 4.79 Å². The fourth-order valence-electron chi connectivity index (χ4n) is 3.34. The van der Waals surface area contributed by atoms with Crippen LogP contribution in [0.25, 0.3) is 0 Å². The van der Waals surface area contributed by atoms with Gasteiger partial charge in [0.15, 0.2) is 0 Å². The Morgan fingerprint density at radius 1 is 1.26 bits per heavy atom. The molecular weight excluding hydrogens is 304 g/mol. The van der Waals surface area contributed by atoms with Crippen molar-refractivity contribution in [2.24, 2.45) is 5.92 Å². The van der Waals surface area contributed by atoms with Gasteiger partial charge in [0.2, 0.25) is 6.29 Å². The Kier molecular flexibility index (Phi) is 3.55. The number of aliphatic hydroxyl groups is 3. The molecule has 0 bridgehead atoms. The van der Waals surface area contributed by atoms with Crippen LogP contribution in [0.1, 0.15) is 53.3 Å². The van der Waals surface area contributed by atoms with Crippen LogP contribution < -0.4 is 9.47 Å². The standard InChI is InChI=1S/C16H20O7/c1-6-12(21-4)10-8(14(18)23-15(10)19)9-11(17)7(16(2,3)20)5-22-13(6)9/h7,11,14,17-18,20H,5H2,1-4H3. The van der Waals surface area contributed by atoms with Crippen LogP contribution in [0.15, 0.2) is 0 Å². The highest BCUT2D eigenvalue weighted by molar-refractivity contribution is 5.98. The summed E-state index contributed by atoms with van der Waals surface area (Å²) in [6, 6.07) is 0. The van der Waals surface area contributed by atoms with E-state index in [0.29, 0.717) is 11.3 Å². The molecular formula is C16H20O7. The lowest BCUT2D eigenvalue weighted by atomic mass is 9.79. The van der Waals surface area contributed by atoms with E-state index in [4.69, 9.17) is 14.2 Å². The predicted molar refractivity (Wildman–Crippen MR) is 78.3 cm³/mol. The molecule has 0 fully saturated rings. The molecule has 2 aliphatic rings. The van der Waals surface area contributed by atoms with Crippen LogP contribution in [0.5, 0.6) is 11.5 Å². The van der Waals surface area contributed by atoms with Crippen LogP contribution in [0.2, 0.25) is 0 Å². The number of benzene rings is 1. The van der Waals surface area contributed by atoms with Crippen molar-refractivity contribution in [3.8, 4) is 11.5 Å². The lowest BCUT2D eigenvalue weighted by Crippen LogP contribution is -2.42. The Hall–Kier alpha value is -1.83. The Bertz CT molecular complexity index is 674. The third kappa shape index (κ3) is 2.19. The third-order valence-electron chi connectivity index (χ3n) is 4.58. The van der Waals surface area contributed by atoms with E-state index < -0.39 is 29.9 Å². The Morgan fingerprint density at radius 3 is 2.48 bits per heavy atom. The zero-order chi connectivity index (χ0) is 17.1. The molecule has 23 heavy (non-hydrogen) atoms. The summed E-state index contributed by atoms with van der Waals surface area (Å²) in [5.74, 6) is -0.720. The smallest absolute Gasteiger partial charge is 0.345 e. The van der Waals surface area contributed by atoms with E-state index in [1.54, 1.807) is 20.8 Å². The van der Waals surface area contributed by atoms with Crippen LogP contribution in [0.3, 0.4) is 0 Å². The van der Waals surface area contributed by atoms with E-state index in [2.05, 4.69) is 0 Å². The van der Waals surface area contributed by atoms with Crippen molar-refractivity contribution in [2.45, 2.75) is 38.8 Å². The van der Waals surface area contributed by atoms with Crippen molar-refractivity contribution < 1.29 is 34.3 Å². The maximum absolute atomic E-state index is 12.0. The number of hydrogen-bond acceptors (Lipinski definition) is 7. The van der Waals surface area contributed by atoms with E-state index in [9.17, 15) is 20.1 Å². The zero-order valence-electron chi connectivity index (χ0n) is 13.4. The lowest BCUT2D eigenvalue weighted by Gasteiger charge is -2.39. The van der Waals surface area contributed by atoms with Gasteiger partial charge in [0.05, 0.1) is 31.3 Å². The lowest BCUT2D eigenvalue weighted by molar-refractivity contribution is -0.0826. The third-order valence-corrected chi connectivity index (χ3v) is 4.58. The van der Waals surface area contributed by atoms with E-state index in [0.717, 1.165) is 0 Å². The first-order chi connectivity index (χ1) is 10.7. The van der Waals surface area contributed by atoms with Crippen LogP contribution in [0, 0.1) is 12.8 Å². The van der Waals surface area contributed by atoms with Crippen molar-refractivity contribution in [1.82, 2.24) is 0 Å². The number of ether oxygens (including phenoxy) is 3. The molecule has 1 aromatic carbocycles. The average molecular weight is 324 g/mol. The molecule has 0 saturated carbocycles. The summed E-state index contributed by atoms with van der Waals surface area (Å²) >= 11 is 0. The quantitative estimate of drug-likeness (QED) is 0.696. The predicted octanol–water partition coefficient (Wildman–Crippen LogP) is 0.978. The van der Waals surface area contributed by atoms with E-state index >= 15 is 0 Å². The maximum atomic E-state index is 12.0. The molecule has 0 aliphatic carbocycles. The highest BCUT2D eigenvalue weighted by Gasteiger charge is 2.47. The highest BCUT2D eigenvalue weighted by atomic mass is 16.6. The van der Waals surface area contributed by atoms with Gasteiger partial charge in [-0.05, 0) is 20.8 Å². The van der Waals surface area contributed by atoms with E-state index in [1.165, 1.54) is 7.11 Å². The molecule has 3 rings (SSSR count). The van der Waals surface area contributed by atoms with Gasteiger partial charge in [-0.2, -0.15) is 0 Å². The second-order valence-corrected chi connectivity index (χ2v) is 6.46. The molecule has 3 N–H and O–H groups in total. The number of esters is 1. The fourth-order valence-corrected chi connectivity index (χ4v) is 3.34. The first kappa shape index (κ1) is 16.0. The Morgan fingerprint density at radius 2 is 1.91 bits per heavy atom. The summed E-state index contributed by atoms with van der Waals surface area (Å²) in [6.45, 7) is 4.95. The van der Waals surface area contributed by atoms with Gasteiger partial charge in [-0.1, -0.05) is 0 Å². The van der Waals surface area contributed by atoms with Crippen molar-refractivity contribution in [2.75, 3.05) is 13.7 Å². The van der Waals surface area contributed by atoms with Gasteiger partial charge in [-0.3, -0.25) is 0 Å². The summed E-state index contributed by atoms with van der Waals surface area (Å²) in [5, 5.41) is 31.1. The second kappa shape index (κ2) is 5.09. The molecule has 126 valence electrons. The minimum atomic E-state index is -1.50. The van der Waals surface area contributed by atoms with Gasteiger partial charge in [0.25, 0.3) is 0 Å². The van der Waals surface area contributed by atoms with Crippen LogP contribution >= 0.6 is 0 Å². The molecule has 0 spiro atoms. The van der Waals surface area contributed by atoms with Gasteiger partial charge in [-0.15, -0.1) is 0 Å². The minimum absolute atomic E-state index is 0.0929. The first-order valence-electron chi connectivity index (χ1n) is 7.35. The Labute approximate surface area is 133 Å². The topological polar surface area (TPSA) is 105 Å². The number of fused-ring (bicyclic) bond motifs is 3. The molecule has 2 aliphatic heterocycles. The van der Waals surface area contributed by atoms with Crippen LogP contribution in [0.4, 0.5) is 0 Å². The monoisotopic (exact) mass is 324 g/mol. The summed E-state index contributed by atoms with van der Waals surface area (Å²) in [7, 11) is 1.41. The van der Waals surface area contributed by atoms with Gasteiger partial charge >= 0.3 is 5.97 Å². The van der Waals surface area contributed by atoms with Crippen molar-refractivity contribution in [3.05, 3.63) is 22.3 Å². The van der Waals surface area contributed by atoms with Gasteiger partial charge in [0, 0.05) is 16.7 Å². The zero-order valence-corrected chi connectivity index (χ0v) is 13.4. The van der Waals surface area contributed by atoms with Crippen molar-refractivity contribution >= 4 is 5.97 Å². The summed E-state index contributed by atoms with van der Waals surface area (Å²) in [4.78, 5) is 12.0. The maximum Gasteiger partial charge on any atom is 0.345 e. The molecule has 3 atom stereocenters. The summed E-state index contributed by atoms with van der Waals surface area (Å²) < 4.78 is 15.9. The number of carbonyl (C=O) groups excluding carboxylic acids is 1. The van der Waals surface area contributed by atoms with E-state index in [1.807, 2.05) is 0 Å². The molecule has 2 heterocycles. The molecule has 0 amide bonds. The summed E-state index contributed by atoms with van der Waals surface area (Å²) in [6.07, 6.45) is -2.61. The largest absolute Gasteiger partial charge is 0.495 e. The first-order valence-corrected chi connectivity index (χ1v) is 7.35. The van der Waals surface area contributed by atoms with Crippen molar-refractivity contribution in [3.63, 3.8) is 0 Å². The fraction of sp³-hybridized carbons (Fsp3) is 0.562. The molecule has 0 radical (unpaired) electrons. The van der Waals surface area contributed by atoms with Crippen LogP contribution in [-0.4, -0.2) is 40.6 Å². The molecule has 1 aromatic rings. The minimum Gasteiger partial charge on any atom is -0.495 e. The van der Waals surface area contributed by atoms with Crippen molar-refractivity contribution in [1.29, 1.82) is 0 Å². The SMILES string of the molecule is COc1c(C)c2c(c3c1C(=O)OC3O)C(O)C(C(C)(C)O)CO2. The Balaban J connectivity index is 2.28. The number of aliphatic hydroxyl groups excluding tert-OH is 2. The van der Waals surface area contributed by atoms with Gasteiger partial charge < -0.3 is 29.5 Å². The molecule has 7 nitrogen and oxygen atoms in total. The average Bonchev–Trinajstić information content (AvgIpc) is 2.73. The van der Waals surface area contributed by atoms with E-state index in [-0.39, 0.29) is 29.0 Å². The number of cyclic esters (lactones) is 1. The number of rotatable bonds is 2. The number of carbonyl (C=O) groups is 1. The number of hydrogen-bond donors (Lipinski definition) is 3. The normalized spacial score (nSPS) is 26.2. The molecule has 7 heteroatoms. The highest BCUT2D eigenvalue weighted by Crippen LogP contribution is 2.51. The van der Waals surface area contributed by atoms with Crippen LogP contribution in [-0.2, 0) is 4.74 Å². The van der Waals surface area contributed by atoms with Gasteiger partial charge in [0.1, 0.15) is 17.1 Å². The molecule has 0 saturated heterocycles. The second-order valence-electron chi connectivity index (χ2n) is 6.46. The molecule has 3 unspecified atom stereocenters. The summed E-state index contributed by atoms with van der Waals surface area (Å²) in [5.41, 5.74) is -0.147. The molecule has 0 aromatic heterocycles. The number of methoxy groups -OCH3 is 1.